The molecule has 174 valence electrons. The van der Waals surface area contributed by atoms with Gasteiger partial charge < -0.3 is 28.9 Å². The number of amides is 3. The number of aromatic nitrogens is 1. The second-order valence-electron chi connectivity index (χ2n) is 7.81. The summed E-state index contributed by atoms with van der Waals surface area (Å²) in [7, 11) is 4.72. The van der Waals surface area contributed by atoms with Crippen LogP contribution in [0.5, 0.6) is 5.75 Å². The number of benzene rings is 1. The van der Waals surface area contributed by atoms with Crippen LogP contribution in [0.2, 0.25) is 0 Å². The van der Waals surface area contributed by atoms with Gasteiger partial charge in [-0.05, 0) is 25.0 Å². The summed E-state index contributed by atoms with van der Waals surface area (Å²) in [5.41, 5.74) is 1.82. The van der Waals surface area contributed by atoms with Gasteiger partial charge in [0.2, 0.25) is 0 Å². The molecule has 2 aliphatic rings. The van der Waals surface area contributed by atoms with Crippen molar-refractivity contribution >= 4 is 44.5 Å². The number of urea groups is 1. The Labute approximate surface area is 191 Å². The van der Waals surface area contributed by atoms with Gasteiger partial charge in [0.1, 0.15) is 11.3 Å². The number of carbonyl (C=O) groups excluding carboxylic acids is 2. The quantitative estimate of drug-likeness (QED) is 0.745. The lowest BCUT2D eigenvalue weighted by molar-refractivity contribution is 0.0978. The Morgan fingerprint density at radius 1 is 1.19 bits per heavy atom. The highest BCUT2D eigenvalue weighted by molar-refractivity contribution is 7.23. The van der Waals surface area contributed by atoms with Crippen LogP contribution in [0.4, 0.5) is 20.4 Å². The Bertz CT molecular complexity index is 969. The van der Waals surface area contributed by atoms with Crippen molar-refractivity contribution in [3.05, 3.63) is 12.1 Å². The van der Waals surface area contributed by atoms with Crippen LogP contribution in [0.3, 0.4) is 0 Å². The average Bonchev–Trinajstić information content (AvgIpc) is 3.26. The number of nitrogens with zero attached hydrogens (tertiary/aromatic N) is 4. The van der Waals surface area contributed by atoms with Crippen molar-refractivity contribution in [2.24, 2.45) is 0 Å². The number of likely N-dealkylation sites (tertiary alicyclic amines) is 1. The van der Waals surface area contributed by atoms with Crippen LogP contribution >= 0.6 is 11.3 Å². The molecule has 2 saturated heterocycles. The van der Waals surface area contributed by atoms with Gasteiger partial charge in [0.25, 0.3) is 0 Å². The van der Waals surface area contributed by atoms with Crippen LogP contribution in [0, 0.1) is 0 Å². The Morgan fingerprint density at radius 3 is 2.56 bits per heavy atom. The van der Waals surface area contributed by atoms with Crippen LogP contribution < -0.4 is 15.0 Å². The van der Waals surface area contributed by atoms with E-state index in [4.69, 9.17) is 14.2 Å². The molecule has 0 saturated carbocycles. The van der Waals surface area contributed by atoms with Crippen LogP contribution in [0.15, 0.2) is 12.1 Å². The first-order chi connectivity index (χ1) is 15.5. The highest BCUT2D eigenvalue weighted by atomic mass is 32.1. The summed E-state index contributed by atoms with van der Waals surface area (Å²) in [6, 6.07) is 3.84. The number of fused-ring (bicyclic) bond motifs is 1. The molecule has 0 radical (unpaired) electrons. The van der Waals surface area contributed by atoms with Crippen molar-refractivity contribution < 1.29 is 23.8 Å². The Kier molecular flexibility index (Phi) is 6.85. The maximum atomic E-state index is 12.9. The number of hydrogen-bond donors (Lipinski definition) is 1. The predicted octanol–water partition coefficient (Wildman–Crippen LogP) is 2.84. The van der Waals surface area contributed by atoms with E-state index in [9.17, 15) is 9.59 Å². The lowest BCUT2D eigenvalue weighted by Gasteiger charge is -2.35. The van der Waals surface area contributed by atoms with Gasteiger partial charge in [0, 0.05) is 39.3 Å². The molecule has 1 aromatic heterocycles. The van der Waals surface area contributed by atoms with Crippen LogP contribution in [-0.4, -0.2) is 93.6 Å². The molecule has 2 aromatic rings. The van der Waals surface area contributed by atoms with Gasteiger partial charge in [-0.15, -0.1) is 0 Å². The van der Waals surface area contributed by atoms with E-state index in [1.165, 1.54) is 18.4 Å². The first-order valence-corrected chi connectivity index (χ1v) is 11.5. The molecule has 1 N–H and O–H groups in total. The first-order valence-electron chi connectivity index (χ1n) is 10.7. The van der Waals surface area contributed by atoms with Crippen molar-refractivity contribution in [1.82, 2.24) is 14.8 Å². The minimum Gasteiger partial charge on any atom is -0.494 e. The number of nitrogens with one attached hydrogen (secondary N) is 1. The summed E-state index contributed by atoms with van der Waals surface area (Å²) < 4.78 is 16.8. The van der Waals surface area contributed by atoms with E-state index in [1.54, 1.807) is 24.0 Å². The summed E-state index contributed by atoms with van der Waals surface area (Å²) >= 11 is 1.45. The summed E-state index contributed by atoms with van der Waals surface area (Å²) in [6.45, 7) is 4.14. The molecule has 32 heavy (non-hydrogen) atoms. The van der Waals surface area contributed by atoms with Crippen LogP contribution in [0.25, 0.3) is 10.2 Å². The van der Waals surface area contributed by atoms with Crippen molar-refractivity contribution in [3.63, 3.8) is 0 Å². The van der Waals surface area contributed by atoms with Gasteiger partial charge in [-0.2, -0.15) is 0 Å². The molecular formula is C21H29N5O5S. The third kappa shape index (κ3) is 4.53. The maximum Gasteiger partial charge on any atom is 0.409 e. The fraction of sp³-hybridized carbons (Fsp3) is 0.571. The van der Waals surface area contributed by atoms with Gasteiger partial charge >= 0.3 is 12.1 Å². The monoisotopic (exact) mass is 463 g/mol. The van der Waals surface area contributed by atoms with Gasteiger partial charge in [-0.25, -0.2) is 14.6 Å². The Hall–Kier alpha value is -2.79. The molecule has 3 amide bonds. The molecule has 0 atom stereocenters. The molecule has 3 heterocycles. The highest BCUT2D eigenvalue weighted by Gasteiger charge is 2.28. The molecule has 10 nitrogen and oxygen atoms in total. The molecular weight excluding hydrogens is 434 g/mol. The molecule has 2 aliphatic heterocycles. The number of thiazole rings is 1. The second kappa shape index (κ2) is 9.78. The van der Waals surface area contributed by atoms with Gasteiger partial charge in [-0.3, -0.25) is 5.32 Å². The van der Waals surface area contributed by atoms with Crippen LogP contribution in [0.1, 0.15) is 12.8 Å². The summed E-state index contributed by atoms with van der Waals surface area (Å²) in [6.07, 6.45) is 1.05. The van der Waals surface area contributed by atoms with Gasteiger partial charge in [0.05, 0.1) is 37.8 Å². The SMILES string of the molecule is COC(=O)N(C)C1CCN(C(=O)Nc2nc3c(OC)ccc(N4CCOCC4)c3s2)CC1. The zero-order chi connectivity index (χ0) is 22.7. The molecule has 4 rings (SSSR count). The minimum absolute atomic E-state index is 0.0642. The van der Waals surface area contributed by atoms with Gasteiger partial charge in [0.15, 0.2) is 5.13 Å². The molecule has 11 heteroatoms. The number of ether oxygens (including phenoxy) is 3. The van der Waals surface area contributed by atoms with Gasteiger partial charge in [-0.1, -0.05) is 11.3 Å². The van der Waals surface area contributed by atoms with E-state index in [1.807, 2.05) is 12.1 Å². The number of anilines is 2. The highest BCUT2D eigenvalue weighted by Crippen LogP contribution is 2.39. The first kappa shape index (κ1) is 22.4. The summed E-state index contributed by atoms with van der Waals surface area (Å²) in [5.74, 6) is 0.681. The molecule has 0 unspecified atom stereocenters. The van der Waals surface area contributed by atoms with E-state index < -0.39 is 0 Å². The topological polar surface area (TPSA) is 96.5 Å². The normalized spacial score (nSPS) is 17.3. The fourth-order valence-corrected chi connectivity index (χ4v) is 5.17. The van der Waals surface area contributed by atoms with Crippen molar-refractivity contribution in [2.75, 3.05) is 70.9 Å². The van der Waals surface area contributed by atoms with E-state index in [2.05, 4.69) is 15.2 Å². The largest absolute Gasteiger partial charge is 0.494 e. The zero-order valence-electron chi connectivity index (χ0n) is 18.6. The summed E-state index contributed by atoms with van der Waals surface area (Å²) in [5, 5.41) is 3.49. The van der Waals surface area contributed by atoms with E-state index in [-0.39, 0.29) is 18.2 Å². The Morgan fingerprint density at radius 2 is 1.91 bits per heavy atom. The third-order valence-corrected chi connectivity index (χ3v) is 7.03. The number of methoxy groups -OCH3 is 2. The molecule has 2 fully saturated rings. The van der Waals surface area contributed by atoms with E-state index >= 15 is 0 Å². The number of morpholine rings is 1. The smallest absolute Gasteiger partial charge is 0.409 e. The zero-order valence-corrected chi connectivity index (χ0v) is 19.4. The summed E-state index contributed by atoms with van der Waals surface area (Å²) in [4.78, 5) is 34.9. The number of piperidine rings is 1. The standard InChI is InChI=1S/C21H29N5O5S/c1-24(21(28)30-3)14-6-8-26(9-7-14)20(27)23-19-22-17-16(29-2)5-4-15(18(17)32-19)25-10-12-31-13-11-25/h4-5,14H,6-13H2,1-3H3,(H,22,23,27). The lowest BCUT2D eigenvalue weighted by Crippen LogP contribution is -2.48. The second-order valence-corrected chi connectivity index (χ2v) is 8.81. The van der Waals surface area contributed by atoms with Crippen molar-refractivity contribution in [1.29, 1.82) is 0 Å². The minimum atomic E-state index is -0.354. The number of hydrogen-bond acceptors (Lipinski definition) is 8. The maximum absolute atomic E-state index is 12.9. The van der Waals surface area contributed by atoms with E-state index in [0.717, 1.165) is 29.0 Å². The number of rotatable bonds is 4. The predicted molar refractivity (Wildman–Crippen MR) is 123 cm³/mol. The lowest BCUT2D eigenvalue weighted by atomic mass is 10.0. The Balaban J connectivity index is 1.46. The molecule has 0 spiro atoms. The van der Waals surface area contributed by atoms with Crippen molar-refractivity contribution in [2.45, 2.75) is 18.9 Å². The molecule has 0 aliphatic carbocycles. The van der Waals surface area contributed by atoms with Crippen LogP contribution in [-0.2, 0) is 9.47 Å². The molecule has 1 aromatic carbocycles. The third-order valence-electron chi connectivity index (χ3n) is 6.03. The van der Waals surface area contributed by atoms with E-state index in [0.29, 0.717) is 50.0 Å². The van der Waals surface area contributed by atoms with Crippen molar-refractivity contribution in [3.8, 4) is 5.75 Å². The average molecular weight is 464 g/mol. The fourth-order valence-electron chi connectivity index (χ4n) is 4.16. The molecule has 0 bridgehead atoms. The number of carbonyl (C=O) groups is 2.